The zero-order valence-corrected chi connectivity index (χ0v) is 23.8. The molecule has 12 nitrogen and oxygen atoms in total. The molecule has 3 amide bonds. The first-order chi connectivity index (χ1) is 19.2. The highest BCUT2D eigenvalue weighted by atomic mass is 16.6. The molecule has 2 aromatic heterocycles. The summed E-state index contributed by atoms with van der Waals surface area (Å²) < 4.78 is 5.40. The minimum absolute atomic E-state index is 0.0172. The van der Waals surface area contributed by atoms with E-state index in [9.17, 15) is 24.6 Å². The fourth-order valence-corrected chi connectivity index (χ4v) is 4.66. The van der Waals surface area contributed by atoms with E-state index in [1.54, 1.807) is 65.1 Å². The van der Waals surface area contributed by atoms with Gasteiger partial charge < -0.3 is 30.5 Å². The number of nitrogens with one attached hydrogen (secondary N) is 3. The van der Waals surface area contributed by atoms with Gasteiger partial charge in [0.15, 0.2) is 5.69 Å². The number of anilines is 3. The molecule has 0 radical (unpaired) electrons. The number of alkyl carbamates (subject to hydrolysis) is 1. The van der Waals surface area contributed by atoms with Crippen molar-refractivity contribution in [1.29, 1.82) is 0 Å². The van der Waals surface area contributed by atoms with Crippen molar-refractivity contribution in [1.82, 2.24) is 15.3 Å². The van der Waals surface area contributed by atoms with Gasteiger partial charge in [-0.05, 0) is 71.2 Å². The zero-order valence-electron chi connectivity index (χ0n) is 23.8. The predicted molar refractivity (Wildman–Crippen MR) is 155 cm³/mol. The molecule has 41 heavy (non-hydrogen) atoms. The van der Waals surface area contributed by atoms with Crippen molar-refractivity contribution in [2.75, 3.05) is 28.6 Å². The Bertz CT molecular complexity index is 1460. The zero-order chi connectivity index (χ0) is 29.9. The number of carboxylic acid groups (broad SMARTS) is 1. The molecule has 0 saturated carbocycles. The number of benzene rings is 1. The molecule has 0 spiro atoms. The minimum Gasteiger partial charge on any atom is -0.465 e. The number of rotatable bonds is 6. The first-order valence-corrected chi connectivity index (χ1v) is 13.4. The van der Waals surface area contributed by atoms with Gasteiger partial charge in [-0.3, -0.25) is 15.1 Å². The van der Waals surface area contributed by atoms with Crippen molar-refractivity contribution in [3.63, 3.8) is 0 Å². The molecule has 1 aliphatic rings. The number of ether oxygens (including phenoxy) is 1. The Kier molecular flexibility index (Phi) is 8.34. The Morgan fingerprint density at radius 3 is 2.49 bits per heavy atom. The molecule has 5 N–H and O–H groups in total. The molecule has 12 heteroatoms. The van der Waals surface area contributed by atoms with Crippen LogP contribution in [0.15, 0.2) is 42.7 Å². The Morgan fingerprint density at radius 2 is 1.80 bits per heavy atom. The average molecular weight is 565 g/mol. The molecule has 0 bridgehead atoms. The molecule has 3 heterocycles. The number of nitrogens with zero attached hydrogens (tertiary/aromatic N) is 3. The smallest absolute Gasteiger partial charge is 0.409 e. The maximum atomic E-state index is 13.5. The van der Waals surface area contributed by atoms with E-state index < -0.39 is 29.3 Å². The van der Waals surface area contributed by atoms with Gasteiger partial charge in [0.05, 0.1) is 34.4 Å². The summed E-state index contributed by atoms with van der Waals surface area (Å²) in [5.41, 5.74) is 0.259. The van der Waals surface area contributed by atoms with Crippen molar-refractivity contribution in [2.24, 2.45) is 0 Å². The van der Waals surface area contributed by atoms with Gasteiger partial charge in [-0.25, -0.2) is 14.6 Å². The number of amides is 3. The first kappa shape index (κ1) is 29.5. The molecular weight excluding hydrogens is 528 g/mol. The number of carbonyl (C=O) groups excluding carboxylic acids is 2. The van der Waals surface area contributed by atoms with Crippen LogP contribution in [0.5, 0.6) is 0 Å². The van der Waals surface area contributed by atoms with Crippen LogP contribution in [0.2, 0.25) is 0 Å². The standard InChI is InChI=1S/C29H36N6O6/c1-28(2,3)41-27(39)31-19-7-6-12-35(16-19)23-10-11-30-15-22(23)33-25(36)24-21(34-26(37)38)13-17-8-9-18(29(4,5)40)14-20(17)32-24/h8-11,13-15,19,34,40H,6-7,12,16H2,1-5H3,(H,31,39)(H,33,36)(H,37,38)/t19-/m0/s1. The first-order valence-electron chi connectivity index (χ1n) is 13.4. The van der Waals surface area contributed by atoms with E-state index in [0.717, 1.165) is 12.8 Å². The predicted octanol–water partition coefficient (Wildman–Crippen LogP) is 4.69. The van der Waals surface area contributed by atoms with Gasteiger partial charge in [0.2, 0.25) is 0 Å². The Labute approximate surface area is 238 Å². The number of fused-ring (bicyclic) bond motifs is 1. The summed E-state index contributed by atoms with van der Waals surface area (Å²) in [7, 11) is 0. The normalized spacial score (nSPS) is 15.8. The lowest BCUT2D eigenvalue weighted by Gasteiger charge is -2.35. The van der Waals surface area contributed by atoms with Crippen LogP contribution in [-0.4, -0.2) is 63.0 Å². The SMILES string of the molecule is CC(C)(C)OC(=O)N[C@H]1CCCN(c2ccncc2NC(=O)c2nc3cc(C(C)(C)O)ccc3cc2NC(=O)O)C1. The summed E-state index contributed by atoms with van der Waals surface area (Å²) in [6.45, 7) is 9.88. The summed E-state index contributed by atoms with van der Waals surface area (Å²) in [6, 6.07) is 8.24. The van der Waals surface area contributed by atoms with Gasteiger partial charge in [0.1, 0.15) is 5.60 Å². The van der Waals surface area contributed by atoms with Gasteiger partial charge in [-0.2, -0.15) is 0 Å². The molecule has 1 aromatic carbocycles. The fraction of sp³-hybridized carbons (Fsp3) is 0.414. The second kappa shape index (κ2) is 11.6. The number of piperidine rings is 1. The third-order valence-corrected chi connectivity index (χ3v) is 6.51. The molecular formula is C29H36N6O6. The van der Waals surface area contributed by atoms with Crippen molar-refractivity contribution in [3.05, 3.63) is 54.0 Å². The second-order valence-electron chi connectivity index (χ2n) is 11.6. The number of pyridine rings is 2. The van der Waals surface area contributed by atoms with E-state index in [1.807, 2.05) is 4.90 Å². The summed E-state index contributed by atoms with van der Waals surface area (Å²) in [5.74, 6) is -0.640. The molecule has 4 rings (SSSR count). The minimum atomic E-state index is -1.34. The van der Waals surface area contributed by atoms with Crippen LogP contribution >= 0.6 is 0 Å². The van der Waals surface area contributed by atoms with Crippen LogP contribution in [-0.2, 0) is 10.3 Å². The van der Waals surface area contributed by atoms with Crippen molar-refractivity contribution < 1.29 is 29.3 Å². The van der Waals surface area contributed by atoms with Gasteiger partial charge in [-0.15, -0.1) is 0 Å². The molecule has 1 fully saturated rings. The monoisotopic (exact) mass is 564 g/mol. The molecule has 1 aliphatic heterocycles. The van der Waals surface area contributed by atoms with Crippen molar-refractivity contribution in [3.8, 4) is 0 Å². The maximum absolute atomic E-state index is 13.5. The highest BCUT2D eigenvalue weighted by Gasteiger charge is 2.27. The highest BCUT2D eigenvalue weighted by Crippen LogP contribution is 2.30. The van der Waals surface area contributed by atoms with Crippen LogP contribution in [0.4, 0.5) is 26.7 Å². The molecule has 1 saturated heterocycles. The summed E-state index contributed by atoms with van der Waals surface area (Å²) >= 11 is 0. The summed E-state index contributed by atoms with van der Waals surface area (Å²) in [6.07, 6.45) is 2.88. The van der Waals surface area contributed by atoms with Crippen LogP contribution in [0.25, 0.3) is 10.9 Å². The fourth-order valence-electron chi connectivity index (χ4n) is 4.66. The number of carbonyl (C=O) groups is 3. The van der Waals surface area contributed by atoms with E-state index in [2.05, 4.69) is 25.9 Å². The number of hydrogen-bond donors (Lipinski definition) is 5. The number of aliphatic hydroxyl groups is 1. The van der Waals surface area contributed by atoms with Crippen LogP contribution in [0, 0.1) is 0 Å². The van der Waals surface area contributed by atoms with Gasteiger partial charge in [0.25, 0.3) is 5.91 Å². The lowest BCUT2D eigenvalue weighted by Crippen LogP contribution is -2.49. The lowest BCUT2D eigenvalue weighted by atomic mass is 9.97. The van der Waals surface area contributed by atoms with E-state index >= 15 is 0 Å². The molecule has 3 aromatic rings. The topological polar surface area (TPSA) is 166 Å². The lowest BCUT2D eigenvalue weighted by molar-refractivity contribution is 0.0499. The van der Waals surface area contributed by atoms with E-state index in [1.165, 1.54) is 12.3 Å². The summed E-state index contributed by atoms with van der Waals surface area (Å²) in [5, 5.41) is 28.4. The van der Waals surface area contributed by atoms with Gasteiger partial charge >= 0.3 is 12.2 Å². The number of hydrogen-bond acceptors (Lipinski definition) is 8. The molecule has 218 valence electrons. The van der Waals surface area contributed by atoms with Crippen LogP contribution in [0.1, 0.15) is 63.5 Å². The summed E-state index contributed by atoms with van der Waals surface area (Å²) in [4.78, 5) is 48.1. The highest BCUT2D eigenvalue weighted by molar-refractivity contribution is 6.11. The van der Waals surface area contributed by atoms with Crippen LogP contribution < -0.4 is 20.9 Å². The van der Waals surface area contributed by atoms with Crippen molar-refractivity contribution in [2.45, 2.75) is 64.7 Å². The molecule has 0 aliphatic carbocycles. The Hall–Kier alpha value is -4.45. The third-order valence-electron chi connectivity index (χ3n) is 6.51. The van der Waals surface area contributed by atoms with E-state index in [4.69, 9.17) is 4.74 Å². The van der Waals surface area contributed by atoms with Crippen LogP contribution in [0.3, 0.4) is 0 Å². The van der Waals surface area contributed by atoms with Crippen molar-refractivity contribution >= 4 is 46.1 Å². The third kappa shape index (κ3) is 7.60. The number of aromatic nitrogens is 2. The van der Waals surface area contributed by atoms with Gasteiger partial charge in [-0.1, -0.05) is 12.1 Å². The second-order valence-corrected chi connectivity index (χ2v) is 11.6. The largest absolute Gasteiger partial charge is 0.465 e. The van der Waals surface area contributed by atoms with E-state index in [-0.39, 0.29) is 17.4 Å². The Morgan fingerprint density at radius 1 is 1.05 bits per heavy atom. The average Bonchev–Trinajstić information content (AvgIpc) is 2.86. The quantitative estimate of drug-likeness (QED) is 0.285. The Balaban J connectivity index is 1.60. The van der Waals surface area contributed by atoms with Gasteiger partial charge in [0, 0.05) is 30.7 Å². The van der Waals surface area contributed by atoms with E-state index in [0.29, 0.717) is 40.9 Å². The molecule has 0 unspecified atom stereocenters. The maximum Gasteiger partial charge on any atom is 0.409 e. The molecule has 1 atom stereocenters.